The average Bonchev–Trinajstić information content (AvgIpc) is 2.53. The monoisotopic (exact) mass is 267 g/mol. The summed E-state index contributed by atoms with van der Waals surface area (Å²) in [6.07, 6.45) is 1.15. The number of methoxy groups -OCH3 is 1. The van der Waals surface area contributed by atoms with Gasteiger partial charge in [-0.2, -0.15) is 0 Å². The zero-order chi connectivity index (χ0) is 13.9. The zero-order valence-corrected chi connectivity index (χ0v) is 12.2. The highest BCUT2D eigenvalue weighted by atomic mass is 16.5. The highest BCUT2D eigenvalue weighted by Crippen LogP contribution is 2.35. The summed E-state index contributed by atoms with van der Waals surface area (Å²) in [5, 5.41) is 0. The molecule has 20 heavy (non-hydrogen) atoms. The molecule has 0 saturated carbocycles. The summed E-state index contributed by atoms with van der Waals surface area (Å²) in [4.78, 5) is 2.50. The van der Waals surface area contributed by atoms with Gasteiger partial charge in [0.2, 0.25) is 0 Å². The molecule has 2 aromatic carbocycles. The first-order valence-corrected chi connectivity index (χ1v) is 7.30. The van der Waals surface area contributed by atoms with Gasteiger partial charge in [-0.05, 0) is 35.7 Å². The quantitative estimate of drug-likeness (QED) is 0.840. The van der Waals surface area contributed by atoms with E-state index in [0.717, 1.165) is 25.3 Å². The van der Waals surface area contributed by atoms with Gasteiger partial charge in [0.05, 0.1) is 7.11 Å². The first-order chi connectivity index (χ1) is 9.83. The van der Waals surface area contributed by atoms with Crippen LogP contribution in [0.3, 0.4) is 0 Å². The van der Waals surface area contributed by atoms with E-state index in [1.807, 2.05) is 12.1 Å². The van der Waals surface area contributed by atoms with Crippen LogP contribution in [0.15, 0.2) is 42.5 Å². The van der Waals surface area contributed by atoms with Crippen molar-refractivity contribution in [3.8, 4) is 16.9 Å². The van der Waals surface area contributed by atoms with Crippen LogP contribution in [-0.4, -0.2) is 25.1 Å². The van der Waals surface area contributed by atoms with Crippen molar-refractivity contribution >= 4 is 0 Å². The number of hydrogen-bond donors (Lipinski definition) is 0. The normalized spacial score (nSPS) is 14.9. The number of nitrogens with zero attached hydrogens (tertiary/aromatic N) is 1. The predicted molar refractivity (Wildman–Crippen MR) is 83.1 cm³/mol. The fraction of sp³-hybridized carbons (Fsp3) is 0.333. The number of fused-ring (bicyclic) bond motifs is 1. The van der Waals surface area contributed by atoms with Gasteiger partial charge in [0.1, 0.15) is 5.75 Å². The average molecular weight is 267 g/mol. The molecule has 2 aromatic rings. The Hall–Kier alpha value is -1.80. The Bertz CT molecular complexity index is 606. The van der Waals surface area contributed by atoms with Crippen molar-refractivity contribution < 1.29 is 4.74 Å². The van der Waals surface area contributed by atoms with E-state index in [9.17, 15) is 0 Å². The van der Waals surface area contributed by atoms with Gasteiger partial charge in [-0.25, -0.2) is 0 Å². The Morgan fingerprint density at radius 2 is 1.85 bits per heavy atom. The van der Waals surface area contributed by atoms with Crippen LogP contribution in [0.1, 0.15) is 18.1 Å². The van der Waals surface area contributed by atoms with E-state index in [4.69, 9.17) is 4.74 Å². The molecule has 1 heterocycles. The van der Waals surface area contributed by atoms with Crippen molar-refractivity contribution in [1.29, 1.82) is 0 Å². The van der Waals surface area contributed by atoms with Crippen LogP contribution in [0, 0.1) is 0 Å². The third kappa shape index (κ3) is 2.32. The summed E-state index contributed by atoms with van der Waals surface area (Å²) in [5.74, 6) is 0.953. The molecule has 0 spiro atoms. The maximum absolute atomic E-state index is 5.53. The van der Waals surface area contributed by atoms with Crippen molar-refractivity contribution in [2.75, 3.05) is 20.2 Å². The molecular weight excluding hydrogens is 246 g/mol. The second kappa shape index (κ2) is 5.68. The van der Waals surface area contributed by atoms with Crippen LogP contribution in [0.4, 0.5) is 0 Å². The van der Waals surface area contributed by atoms with Crippen LogP contribution in [0.25, 0.3) is 11.1 Å². The fourth-order valence-electron chi connectivity index (χ4n) is 3.03. The van der Waals surface area contributed by atoms with Gasteiger partial charge < -0.3 is 4.74 Å². The maximum Gasteiger partial charge on any atom is 0.126 e. The smallest absolute Gasteiger partial charge is 0.126 e. The molecule has 0 fully saturated rings. The third-order valence-electron chi connectivity index (χ3n) is 4.20. The van der Waals surface area contributed by atoms with Gasteiger partial charge in [-0.1, -0.05) is 43.3 Å². The molecule has 3 rings (SSSR count). The molecule has 1 aliphatic rings. The van der Waals surface area contributed by atoms with E-state index >= 15 is 0 Å². The van der Waals surface area contributed by atoms with E-state index < -0.39 is 0 Å². The number of hydrogen-bond acceptors (Lipinski definition) is 2. The predicted octanol–water partition coefficient (Wildman–Crippen LogP) is 3.74. The molecule has 0 N–H and O–H groups in total. The summed E-state index contributed by atoms with van der Waals surface area (Å²) in [6.45, 7) is 5.55. The molecule has 1 aliphatic heterocycles. The van der Waals surface area contributed by atoms with Gasteiger partial charge in [0.15, 0.2) is 0 Å². The topological polar surface area (TPSA) is 12.5 Å². The largest absolute Gasteiger partial charge is 0.496 e. The summed E-state index contributed by atoms with van der Waals surface area (Å²) < 4.78 is 5.53. The minimum absolute atomic E-state index is 0.953. The van der Waals surface area contributed by atoms with Crippen LogP contribution in [-0.2, 0) is 13.0 Å². The van der Waals surface area contributed by atoms with E-state index in [1.54, 1.807) is 7.11 Å². The molecule has 0 aromatic heterocycles. The Morgan fingerprint density at radius 3 is 2.65 bits per heavy atom. The summed E-state index contributed by atoms with van der Waals surface area (Å²) >= 11 is 0. The van der Waals surface area contributed by atoms with Crippen molar-refractivity contribution in [2.45, 2.75) is 19.9 Å². The SMILES string of the molecule is CCN1CCc2cccc(-c3ccccc3OC)c2C1. The zero-order valence-electron chi connectivity index (χ0n) is 12.2. The Morgan fingerprint density at radius 1 is 1.05 bits per heavy atom. The summed E-state index contributed by atoms with van der Waals surface area (Å²) in [6, 6.07) is 14.9. The second-order valence-corrected chi connectivity index (χ2v) is 5.26. The van der Waals surface area contributed by atoms with Gasteiger partial charge >= 0.3 is 0 Å². The molecule has 0 saturated heterocycles. The molecule has 2 nitrogen and oxygen atoms in total. The van der Waals surface area contributed by atoms with Gasteiger partial charge in [-0.3, -0.25) is 4.90 Å². The lowest BCUT2D eigenvalue weighted by Gasteiger charge is -2.29. The van der Waals surface area contributed by atoms with Crippen LogP contribution in [0.2, 0.25) is 0 Å². The lowest BCUT2D eigenvalue weighted by Crippen LogP contribution is -2.30. The van der Waals surface area contributed by atoms with Crippen molar-refractivity contribution in [1.82, 2.24) is 4.90 Å². The van der Waals surface area contributed by atoms with Gasteiger partial charge in [0.25, 0.3) is 0 Å². The molecule has 0 aliphatic carbocycles. The van der Waals surface area contributed by atoms with Crippen molar-refractivity contribution in [2.24, 2.45) is 0 Å². The molecule has 104 valence electrons. The minimum atomic E-state index is 0.953. The first kappa shape index (κ1) is 13.2. The number of ether oxygens (including phenoxy) is 1. The molecule has 2 heteroatoms. The van der Waals surface area contributed by atoms with Crippen LogP contribution >= 0.6 is 0 Å². The highest BCUT2D eigenvalue weighted by Gasteiger charge is 2.19. The van der Waals surface area contributed by atoms with Crippen molar-refractivity contribution in [3.05, 3.63) is 53.6 Å². The number of para-hydroxylation sites is 1. The molecular formula is C18H21NO. The molecule has 0 atom stereocenters. The molecule has 0 radical (unpaired) electrons. The Kier molecular flexibility index (Phi) is 3.75. The van der Waals surface area contributed by atoms with Gasteiger partial charge in [0, 0.05) is 18.7 Å². The molecule has 0 unspecified atom stereocenters. The number of likely N-dealkylation sites (N-methyl/N-ethyl adjacent to an activating group) is 1. The highest BCUT2D eigenvalue weighted by molar-refractivity contribution is 5.74. The molecule has 0 bridgehead atoms. The van der Waals surface area contributed by atoms with E-state index in [-0.39, 0.29) is 0 Å². The van der Waals surface area contributed by atoms with Crippen LogP contribution < -0.4 is 4.74 Å². The number of rotatable bonds is 3. The lowest BCUT2D eigenvalue weighted by molar-refractivity contribution is 0.268. The maximum atomic E-state index is 5.53. The minimum Gasteiger partial charge on any atom is -0.496 e. The molecule has 0 amide bonds. The Labute approximate surface area is 121 Å². The standard InChI is InChI=1S/C18H21NO/c1-3-19-12-11-14-7-6-9-15(17(14)13-19)16-8-4-5-10-18(16)20-2/h4-10H,3,11-13H2,1-2H3. The lowest BCUT2D eigenvalue weighted by atomic mass is 9.91. The fourth-order valence-corrected chi connectivity index (χ4v) is 3.03. The Balaban J connectivity index is 2.11. The van der Waals surface area contributed by atoms with Gasteiger partial charge in [-0.15, -0.1) is 0 Å². The third-order valence-corrected chi connectivity index (χ3v) is 4.20. The first-order valence-electron chi connectivity index (χ1n) is 7.30. The van der Waals surface area contributed by atoms with E-state index in [2.05, 4.69) is 42.2 Å². The number of benzene rings is 2. The van der Waals surface area contributed by atoms with Crippen LogP contribution in [0.5, 0.6) is 5.75 Å². The summed E-state index contributed by atoms with van der Waals surface area (Å²) in [5.41, 5.74) is 5.46. The van der Waals surface area contributed by atoms with E-state index in [0.29, 0.717) is 0 Å². The van der Waals surface area contributed by atoms with E-state index in [1.165, 1.54) is 28.8 Å². The van der Waals surface area contributed by atoms with Crippen molar-refractivity contribution in [3.63, 3.8) is 0 Å². The second-order valence-electron chi connectivity index (χ2n) is 5.26. The summed E-state index contributed by atoms with van der Waals surface area (Å²) in [7, 11) is 1.74.